The van der Waals surface area contributed by atoms with Gasteiger partial charge in [-0.25, -0.2) is 4.99 Å². The molecule has 0 saturated carbocycles. The Kier molecular flexibility index (Phi) is 7.44. The molecule has 2 amide bonds. The first-order chi connectivity index (χ1) is 15.2. The fourth-order valence-corrected chi connectivity index (χ4v) is 3.90. The lowest BCUT2D eigenvalue weighted by molar-refractivity contribution is -0.137. The van der Waals surface area contributed by atoms with Crippen LogP contribution in [0.15, 0.2) is 53.5 Å². The summed E-state index contributed by atoms with van der Waals surface area (Å²) in [6.07, 6.45) is -3.67. The SMILES string of the molecule is CCCOc1ccc(NC(=O)C2CC(=O)N(C)C(=Nc3cccc(C(F)(F)F)c3)S2)cc1. The molecule has 0 bridgehead atoms. The Bertz CT molecular complexity index is 1010. The molecule has 6 nitrogen and oxygen atoms in total. The lowest BCUT2D eigenvalue weighted by atomic mass is 10.2. The Balaban J connectivity index is 1.73. The fourth-order valence-electron chi connectivity index (χ4n) is 2.84. The summed E-state index contributed by atoms with van der Waals surface area (Å²) in [7, 11) is 1.48. The molecule has 0 radical (unpaired) electrons. The van der Waals surface area contributed by atoms with E-state index in [2.05, 4.69) is 10.3 Å². The van der Waals surface area contributed by atoms with E-state index in [1.54, 1.807) is 24.3 Å². The summed E-state index contributed by atoms with van der Waals surface area (Å²) in [6, 6.07) is 11.4. The predicted molar refractivity (Wildman–Crippen MR) is 118 cm³/mol. The lowest BCUT2D eigenvalue weighted by Gasteiger charge is -2.28. The maximum Gasteiger partial charge on any atom is 0.416 e. The Morgan fingerprint density at radius 2 is 1.97 bits per heavy atom. The van der Waals surface area contributed by atoms with Gasteiger partial charge in [0, 0.05) is 19.2 Å². The molecule has 1 fully saturated rings. The van der Waals surface area contributed by atoms with Crippen LogP contribution in [0.25, 0.3) is 0 Å². The van der Waals surface area contributed by atoms with Crippen molar-refractivity contribution in [3.63, 3.8) is 0 Å². The lowest BCUT2D eigenvalue weighted by Crippen LogP contribution is -2.43. The number of hydrogen-bond acceptors (Lipinski definition) is 5. The van der Waals surface area contributed by atoms with Gasteiger partial charge in [0.25, 0.3) is 0 Å². The zero-order valence-electron chi connectivity index (χ0n) is 17.5. The molecule has 0 aromatic heterocycles. The van der Waals surface area contributed by atoms with E-state index in [0.717, 1.165) is 30.3 Å². The summed E-state index contributed by atoms with van der Waals surface area (Å²) in [4.78, 5) is 30.5. The smallest absolute Gasteiger partial charge is 0.416 e. The number of ether oxygens (including phenoxy) is 1. The summed E-state index contributed by atoms with van der Waals surface area (Å²) >= 11 is 1.03. The predicted octanol–water partition coefficient (Wildman–Crippen LogP) is 5.08. The molecule has 10 heteroatoms. The second kappa shape index (κ2) is 10.1. The van der Waals surface area contributed by atoms with Crippen LogP contribution in [-0.4, -0.2) is 40.8 Å². The average molecular weight is 465 g/mol. The van der Waals surface area contributed by atoms with Crippen molar-refractivity contribution >= 4 is 40.1 Å². The minimum absolute atomic E-state index is 0.0469. The maximum absolute atomic E-state index is 13.0. The first-order valence-electron chi connectivity index (χ1n) is 9.90. The third kappa shape index (κ3) is 6.03. The van der Waals surface area contributed by atoms with E-state index in [4.69, 9.17) is 4.74 Å². The molecule has 1 aliphatic rings. The number of carbonyl (C=O) groups excluding carboxylic acids is 2. The van der Waals surface area contributed by atoms with Crippen LogP contribution in [-0.2, 0) is 15.8 Å². The van der Waals surface area contributed by atoms with Crippen LogP contribution in [0.3, 0.4) is 0 Å². The number of halogens is 3. The Hall–Kier alpha value is -3.01. The van der Waals surface area contributed by atoms with Gasteiger partial charge in [0.05, 0.1) is 17.9 Å². The van der Waals surface area contributed by atoms with Gasteiger partial charge >= 0.3 is 6.18 Å². The van der Waals surface area contributed by atoms with Gasteiger partial charge in [-0.2, -0.15) is 13.2 Å². The van der Waals surface area contributed by atoms with Crippen LogP contribution in [0.2, 0.25) is 0 Å². The number of nitrogens with zero attached hydrogens (tertiary/aromatic N) is 2. The number of benzene rings is 2. The normalized spacial score (nSPS) is 18.0. The zero-order chi connectivity index (χ0) is 23.3. The van der Waals surface area contributed by atoms with Crippen LogP contribution < -0.4 is 10.1 Å². The first-order valence-corrected chi connectivity index (χ1v) is 10.8. The van der Waals surface area contributed by atoms with E-state index in [9.17, 15) is 22.8 Å². The Labute approximate surface area is 187 Å². The van der Waals surface area contributed by atoms with E-state index in [1.807, 2.05) is 6.92 Å². The van der Waals surface area contributed by atoms with Crippen molar-refractivity contribution in [1.82, 2.24) is 4.90 Å². The molecule has 2 aromatic carbocycles. The standard InChI is InChI=1S/C22H22F3N3O3S/c1-3-11-31-17-9-7-15(8-10-17)26-20(30)18-13-19(29)28(2)21(32-18)27-16-6-4-5-14(12-16)22(23,24)25/h4-10,12,18H,3,11,13H2,1-2H3,(H,26,30). The number of alkyl halides is 3. The highest BCUT2D eigenvalue weighted by atomic mass is 32.2. The topological polar surface area (TPSA) is 71.0 Å². The minimum atomic E-state index is -4.50. The molecule has 1 N–H and O–H groups in total. The summed E-state index contributed by atoms with van der Waals surface area (Å²) in [5, 5.41) is 2.15. The quantitative estimate of drug-likeness (QED) is 0.646. The fraction of sp³-hybridized carbons (Fsp3) is 0.318. The number of amides is 2. The van der Waals surface area contributed by atoms with E-state index < -0.39 is 22.9 Å². The molecule has 0 spiro atoms. The van der Waals surface area contributed by atoms with Gasteiger partial charge in [-0.15, -0.1) is 0 Å². The third-order valence-electron chi connectivity index (χ3n) is 4.55. The molecule has 1 heterocycles. The van der Waals surface area contributed by atoms with Crippen LogP contribution >= 0.6 is 11.8 Å². The van der Waals surface area contributed by atoms with Crippen molar-refractivity contribution in [2.45, 2.75) is 31.2 Å². The molecule has 32 heavy (non-hydrogen) atoms. The second-order valence-electron chi connectivity index (χ2n) is 7.07. The molecular weight excluding hydrogens is 443 g/mol. The van der Waals surface area contributed by atoms with Gasteiger partial charge < -0.3 is 10.1 Å². The molecule has 0 aliphatic carbocycles. The first kappa shape index (κ1) is 23.6. The van der Waals surface area contributed by atoms with Crippen LogP contribution in [0.1, 0.15) is 25.3 Å². The Morgan fingerprint density at radius 3 is 2.62 bits per heavy atom. The summed E-state index contributed by atoms with van der Waals surface area (Å²) in [5.41, 5.74) is -0.248. The molecule has 3 rings (SSSR count). The summed E-state index contributed by atoms with van der Waals surface area (Å²) < 4.78 is 44.4. The minimum Gasteiger partial charge on any atom is -0.494 e. The number of thioether (sulfide) groups is 1. The van der Waals surface area contributed by atoms with E-state index >= 15 is 0 Å². The van der Waals surface area contributed by atoms with Crippen molar-refractivity contribution in [2.75, 3.05) is 19.0 Å². The highest BCUT2D eigenvalue weighted by Gasteiger charge is 2.34. The molecule has 1 saturated heterocycles. The monoisotopic (exact) mass is 465 g/mol. The van der Waals surface area contributed by atoms with Crippen molar-refractivity contribution in [1.29, 1.82) is 0 Å². The number of rotatable bonds is 6. The van der Waals surface area contributed by atoms with Gasteiger partial charge in [-0.1, -0.05) is 24.8 Å². The number of anilines is 1. The van der Waals surface area contributed by atoms with Gasteiger partial charge in [0.1, 0.15) is 11.0 Å². The largest absolute Gasteiger partial charge is 0.494 e. The van der Waals surface area contributed by atoms with Crippen molar-refractivity contribution in [3.8, 4) is 5.75 Å². The van der Waals surface area contributed by atoms with Crippen molar-refractivity contribution in [3.05, 3.63) is 54.1 Å². The van der Waals surface area contributed by atoms with E-state index in [-0.39, 0.29) is 23.2 Å². The number of nitrogens with one attached hydrogen (secondary N) is 1. The second-order valence-corrected chi connectivity index (χ2v) is 8.24. The Morgan fingerprint density at radius 1 is 1.25 bits per heavy atom. The van der Waals surface area contributed by atoms with Gasteiger partial charge in [-0.05, 0) is 48.9 Å². The van der Waals surface area contributed by atoms with Gasteiger partial charge in [0.2, 0.25) is 11.8 Å². The number of carbonyl (C=O) groups is 2. The molecule has 1 unspecified atom stereocenters. The summed E-state index contributed by atoms with van der Waals surface area (Å²) in [5.74, 6) is -0.0578. The van der Waals surface area contributed by atoms with E-state index in [1.165, 1.54) is 24.1 Å². The molecule has 1 atom stereocenters. The molecule has 1 aliphatic heterocycles. The molecule has 2 aromatic rings. The number of aliphatic imine (C=N–C) groups is 1. The van der Waals surface area contributed by atoms with Gasteiger partial charge in [0.15, 0.2) is 5.17 Å². The maximum atomic E-state index is 13.0. The average Bonchev–Trinajstić information content (AvgIpc) is 2.76. The molecular formula is C22H22F3N3O3S. The zero-order valence-corrected chi connectivity index (χ0v) is 18.3. The van der Waals surface area contributed by atoms with Crippen LogP contribution in [0.4, 0.5) is 24.5 Å². The number of hydrogen-bond donors (Lipinski definition) is 1. The van der Waals surface area contributed by atoms with Crippen molar-refractivity contribution in [2.24, 2.45) is 4.99 Å². The molecule has 170 valence electrons. The highest BCUT2D eigenvalue weighted by molar-refractivity contribution is 8.15. The van der Waals surface area contributed by atoms with Gasteiger partial charge in [-0.3, -0.25) is 14.5 Å². The highest BCUT2D eigenvalue weighted by Crippen LogP contribution is 2.33. The summed E-state index contributed by atoms with van der Waals surface area (Å²) in [6.45, 7) is 2.59. The van der Waals surface area contributed by atoms with Crippen molar-refractivity contribution < 1.29 is 27.5 Å². The van der Waals surface area contributed by atoms with E-state index in [0.29, 0.717) is 18.0 Å². The number of amidine groups is 1. The van der Waals surface area contributed by atoms with Crippen LogP contribution in [0, 0.1) is 0 Å². The van der Waals surface area contributed by atoms with Crippen LogP contribution in [0.5, 0.6) is 5.75 Å². The third-order valence-corrected chi connectivity index (χ3v) is 5.80.